The molecule has 1 saturated heterocycles. The number of anilines is 1. The maximum Gasteiger partial charge on any atom is 0.246 e. The van der Waals surface area contributed by atoms with Crippen molar-refractivity contribution >= 4 is 27.5 Å². The van der Waals surface area contributed by atoms with Gasteiger partial charge in [0.1, 0.15) is 10.7 Å². The average molecular weight is 287 g/mol. The first-order chi connectivity index (χ1) is 8.80. The van der Waals surface area contributed by atoms with Gasteiger partial charge in [-0.3, -0.25) is 14.9 Å². The molecule has 0 spiro atoms. The van der Waals surface area contributed by atoms with Gasteiger partial charge in [-0.2, -0.15) is 4.31 Å². The number of amides is 2. The minimum absolute atomic E-state index is 0.279. The Balaban J connectivity index is 2.42. The summed E-state index contributed by atoms with van der Waals surface area (Å²) in [6, 6.07) is 2.80. The van der Waals surface area contributed by atoms with Crippen molar-refractivity contribution in [1.82, 2.24) is 9.62 Å². The molecule has 0 radical (unpaired) electrons. The third kappa shape index (κ3) is 2.56. The molecule has 0 aliphatic carbocycles. The van der Waals surface area contributed by atoms with E-state index in [1.54, 1.807) is 0 Å². The summed E-state index contributed by atoms with van der Waals surface area (Å²) in [5.74, 6) is -2.12. The van der Waals surface area contributed by atoms with Crippen molar-refractivity contribution in [3.05, 3.63) is 24.0 Å². The molecule has 19 heavy (non-hydrogen) atoms. The van der Waals surface area contributed by atoms with Gasteiger partial charge in [-0.15, -0.1) is 0 Å². The van der Waals surface area contributed by atoms with Gasteiger partial charge in [0.05, 0.1) is 18.8 Å². The quantitative estimate of drug-likeness (QED) is 0.538. The van der Waals surface area contributed by atoms with Crippen LogP contribution in [-0.2, 0) is 19.6 Å². The number of nitrogens with two attached hydrogens (primary N) is 1. The fourth-order valence-corrected chi connectivity index (χ4v) is 3.12. The third-order valence-corrected chi connectivity index (χ3v) is 4.37. The summed E-state index contributed by atoms with van der Waals surface area (Å²) in [4.78, 5) is 22.0. The molecule has 0 saturated carbocycles. The molecule has 0 atom stereocenters. The highest BCUT2D eigenvalue weighted by molar-refractivity contribution is 7.89. The Bertz CT molecular complexity index is 643. The Hall–Kier alpha value is -2.00. The van der Waals surface area contributed by atoms with Crippen LogP contribution in [0.4, 0.5) is 10.1 Å². The maximum atomic E-state index is 12.9. The molecule has 2 rings (SSSR count). The SMILES string of the molecule is Nc1cc(F)ccc1S(=O)(=O)N1CC(=O)NC(=O)C1. The number of piperazine rings is 1. The second kappa shape index (κ2) is 4.59. The predicted octanol–water partition coefficient (Wildman–Crippen LogP) is -0.945. The maximum absolute atomic E-state index is 12.9. The number of carbonyl (C=O) groups excluding carboxylic acids is 2. The molecule has 0 unspecified atom stereocenters. The number of nitrogen functional groups attached to an aromatic ring is 1. The molecule has 7 nitrogen and oxygen atoms in total. The summed E-state index contributed by atoms with van der Waals surface area (Å²) in [5, 5.41) is 1.98. The van der Waals surface area contributed by atoms with Crippen LogP contribution < -0.4 is 11.1 Å². The second-order valence-corrected chi connectivity index (χ2v) is 5.83. The van der Waals surface area contributed by atoms with Crippen molar-refractivity contribution in [2.24, 2.45) is 0 Å². The molecular weight excluding hydrogens is 277 g/mol. The first kappa shape index (κ1) is 13.4. The van der Waals surface area contributed by atoms with Crippen molar-refractivity contribution in [2.45, 2.75) is 4.90 Å². The molecule has 0 bridgehead atoms. The molecule has 102 valence electrons. The number of hydrogen-bond acceptors (Lipinski definition) is 5. The minimum Gasteiger partial charge on any atom is -0.398 e. The highest BCUT2D eigenvalue weighted by atomic mass is 32.2. The lowest BCUT2D eigenvalue weighted by atomic mass is 10.3. The Morgan fingerprint density at radius 3 is 2.32 bits per heavy atom. The molecule has 3 N–H and O–H groups in total. The lowest BCUT2D eigenvalue weighted by molar-refractivity contribution is -0.134. The lowest BCUT2D eigenvalue weighted by Gasteiger charge is -2.25. The standard InChI is InChI=1S/C10H10FN3O4S/c11-6-1-2-8(7(12)3-6)19(17,18)14-4-9(15)13-10(16)5-14/h1-3H,4-5,12H2,(H,13,15,16). The van der Waals surface area contributed by atoms with E-state index in [2.05, 4.69) is 0 Å². The van der Waals surface area contributed by atoms with Crippen LogP contribution in [0.3, 0.4) is 0 Å². The second-order valence-electron chi connectivity index (χ2n) is 3.93. The highest BCUT2D eigenvalue weighted by Gasteiger charge is 2.33. The van der Waals surface area contributed by atoms with E-state index in [-0.39, 0.29) is 10.6 Å². The zero-order chi connectivity index (χ0) is 14.2. The first-order valence-electron chi connectivity index (χ1n) is 5.18. The molecule has 2 amide bonds. The summed E-state index contributed by atoms with van der Waals surface area (Å²) in [7, 11) is -4.12. The number of carbonyl (C=O) groups is 2. The highest BCUT2D eigenvalue weighted by Crippen LogP contribution is 2.23. The van der Waals surface area contributed by atoms with Gasteiger partial charge >= 0.3 is 0 Å². The summed E-state index contributed by atoms with van der Waals surface area (Å²) in [6.07, 6.45) is 0. The summed E-state index contributed by atoms with van der Waals surface area (Å²) in [6.45, 7) is -0.963. The van der Waals surface area contributed by atoms with Gasteiger partial charge in [-0.25, -0.2) is 12.8 Å². The smallest absolute Gasteiger partial charge is 0.246 e. The van der Waals surface area contributed by atoms with Crippen molar-refractivity contribution in [3.8, 4) is 0 Å². The van der Waals surface area contributed by atoms with E-state index in [0.29, 0.717) is 4.31 Å². The summed E-state index contributed by atoms with van der Waals surface area (Å²) >= 11 is 0. The average Bonchev–Trinajstić information content (AvgIpc) is 2.26. The van der Waals surface area contributed by atoms with Crippen LogP contribution in [0.15, 0.2) is 23.1 Å². The topological polar surface area (TPSA) is 110 Å². The molecule has 9 heteroatoms. The minimum atomic E-state index is -4.12. The van der Waals surface area contributed by atoms with Crippen LogP contribution in [0.2, 0.25) is 0 Å². The van der Waals surface area contributed by atoms with E-state index < -0.39 is 40.7 Å². The van der Waals surface area contributed by atoms with E-state index in [9.17, 15) is 22.4 Å². The normalized spacial score (nSPS) is 17.3. The Morgan fingerprint density at radius 2 is 1.79 bits per heavy atom. The van der Waals surface area contributed by atoms with Crippen LogP contribution in [0.25, 0.3) is 0 Å². The molecule has 1 aromatic rings. The number of sulfonamides is 1. The molecule has 1 fully saturated rings. The van der Waals surface area contributed by atoms with E-state index in [0.717, 1.165) is 18.2 Å². The van der Waals surface area contributed by atoms with Crippen LogP contribution in [0.5, 0.6) is 0 Å². The molecule has 1 aromatic carbocycles. The first-order valence-corrected chi connectivity index (χ1v) is 6.62. The van der Waals surface area contributed by atoms with Gasteiger partial charge in [0.15, 0.2) is 0 Å². The van der Waals surface area contributed by atoms with Crippen molar-refractivity contribution < 1.29 is 22.4 Å². The Morgan fingerprint density at radius 1 is 1.21 bits per heavy atom. The van der Waals surface area contributed by atoms with Crippen LogP contribution in [0, 0.1) is 5.82 Å². The fourth-order valence-electron chi connectivity index (χ4n) is 1.67. The van der Waals surface area contributed by atoms with Crippen molar-refractivity contribution in [2.75, 3.05) is 18.8 Å². The van der Waals surface area contributed by atoms with E-state index in [1.165, 1.54) is 0 Å². The van der Waals surface area contributed by atoms with Gasteiger partial charge in [0.2, 0.25) is 21.8 Å². The van der Waals surface area contributed by atoms with Crippen LogP contribution >= 0.6 is 0 Å². The van der Waals surface area contributed by atoms with Gasteiger partial charge in [0, 0.05) is 0 Å². The van der Waals surface area contributed by atoms with Gasteiger partial charge < -0.3 is 5.73 Å². The Labute approximate surface area is 108 Å². The predicted molar refractivity (Wildman–Crippen MR) is 62.7 cm³/mol. The number of rotatable bonds is 2. The zero-order valence-corrected chi connectivity index (χ0v) is 10.4. The number of nitrogens with one attached hydrogen (secondary N) is 1. The Kier molecular flexibility index (Phi) is 3.25. The van der Waals surface area contributed by atoms with Crippen molar-refractivity contribution in [1.29, 1.82) is 0 Å². The molecular formula is C10H10FN3O4S. The molecule has 1 aliphatic rings. The fraction of sp³-hybridized carbons (Fsp3) is 0.200. The van der Waals surface area contributed by atoms with Gasteiger partial charge in [-0.05, 0) is 18.2 Å². The molecule has 1 heterocycles. The number of halogens is 1. The lowest BCUT2D eigenvalue weighted by Crippen LogP contribution is -2.53. The van der Waals surface area contributed by atoms with E-state index in [4.69, 9.17) is 5.73 Å². The monoisotopic (exact) mass is 287 g/mol. The van der Waals surface area contributed by atoms with Crippen molar-refractivity contribution in [3.63, 3.8) is 0 Å². The zero-order valence-electron chi connectivity index (χ0n) is 9.59. The summed E-state index contributed by atoms with van der Waals surface area (Å²) in [5.41, 5.74) is 5.17. The number of imide groups is 1. The van der Waals surface area contributed by atoms with Crippen LogP contribution in [-0.4, -0.2) is 37.6 Å². The van der Waals surface area contributed by atoms with Gasteiger partial charge in [-0.1, -0.05) is 0 Å². The number of hydrogen-bond donors (Lipinski definition) is 2. The van der Waals surface area contributed by atoms with Crippen LogP contribution in [0.1, 0.15) is 0 Å². The largest absolute Gasteiger partial charge is 0.398 e. The summed E-state index contributed by atoms with van der Waals surface area (Å²) < 4.78 is 38.0. The number of benzene rings is 1. The van der Waals surface area contributed by atoms with Gasteiger partial charge in [0.25, 0.3) is 0 Å². The molecule has 1 aliphatic heterocycles. The number of nitrogens with zero attached hydrogens (tertiary/aromatic N) is 1. The third-order valence-electron chi connectivity index (χ3n) is 2.51. The van der Waals surface area contributed by atoms with E-state index in [1.807, 2.05) is 5.32 Å². The molecule has 0 aromatic heterocycles. The van der Waals surface area contributed by atoms with E-state index >= 15 is 0 Å².